The molecule has 5 rings (SSSR count). The van der Waals surface area contributed by atoms with Crippen molar-refractivity contribution >= 4 is 33.9 Å². The Morgan fingerprint density at radius 2 is 2.17 bits per heavy atom. The first-order valence-electron chi connectivity index (χ1n) is 10.2. The fourth-order valence-electron chi connectivity index (χ4n) is 4.11. The highest BCUT2D eigenvalue weighted by atomic mass is 32.1. The summed E-state index contributed by atoms with van der Waals surface area (Å²) in [6.45, 7) is 1.87. The van der Waals surface area contributed by atoms with Gasteiger partial charge in [0.25, 0.3) is 5.91 Å². The lowest BCUT2D eigenvalue weighted by Gasteiger charge is -2.25. The summed E-state index contributed by atoms with van der Waals surface area (Å²) >= 11 is 1.56. The zero-order valence-corrected chi connectivity index (χ0v) is 17.0. The highest BCUT2D eigenvalue weighted by Crippen LogP contribution is 2.28. The van der Waals surface area contributed by atoms with Crippen molar-refractivity contribution in [1.82, 2.24) is 14.9 Å². The number of thiazole rings is 1. The first-order chi connectivity index (χ1) is 14.2. The molecule has 1 fully saturated rings. The Bertz CT molecular complexity index is 1030. The number of hydrogen-bond acceptors (Lipinski definition) is 5. The Hall–Kier alpha value is -2.51. The second-order valence-corrected chi connectivity index (χ2v) is 8.89. The number of aromatic amines is 1. The van der Waals surface area contributed by atoms with E-state index in [1.54, 1.807) is 11.3 Å². The molecule has 3 aromatic rings. The van der Waals surface area contributed by atoms with E-state index in [1.165, 1.54) is 0 Å². The van der Waals surface area contributed by atoms with Gasteiger partial charge in [0.05, 0.1) is 18.7 Å². The number of hydrogen-bond donors (Lipinski definition) is 1. The molecule has 1 saturated heterocycles. The zero-order valence-electron chi connectivity index (χ0n) is 16.1. The smallest absolute Gasteiger partial charge is 0.270 e. The number of aromatic nitrogens is 2. The third kappa shape index (κ3) is 3.72. The molecule has 29 heavy (non-hydrogen) atoms. The number of ketones is 1. The lowest BCUT2D eigenvalue weighted by Crippen LogP contribution is -2.35. The summed E-state index contributed by atoms with van der Waals surface area (Å²) in [4.78, 5) is 36.3. The standard InChI is InChI=1S/C22H23N3O3S/c26-18(19-7-3-4-10-28-19)12-21-24-16-8-9-25(13-20(16)29-21)22(27)17-11-14-5-1-2-6-15(14)23-17/h1-2,5-6,11,19,23H,3-4,7-10,12-13H2. The van der Waals surface area contributed by atoms with E-state index in [1.807, 2.05) is 35.2 Å². The van der Waals surface area contributed by atoms with E-state index in [0.717, 1.165) is 52.2 Å². The van der Waals surface area contributed by atoms with Crippen LogP contribution in [-0.2, 0) is 28.9 Å². The van der Waals surface area contributed by atoms with E-state index >= 15 is 0 Å². The summed E-state index contributed by atoms with van der Waals surface area (Å²) < 4.78 is 5.61. The van der Waals surface area contributed by atoms with Gasteiger partial charge >= 0.3 is 0 Å². The van der Waals surface area contributed by atoms with Gasteiger partial charge in [-0.15, -0.1) is 11.3 Å². The number of ether oxygens (including phenoxy) is 1. The summed E-state index contributed by atoms with van der Waals surface area (Å²) in [6, 6.07) is 9.81. The number of H-pyrrole nitrogens is 1. The first-order valence-corrected chi connectivity index (χ1v) is 11.0. The number of rotatable bonds is 4. The number of nitrogens with zero attached hydrogens (tertiary/aromatic N) is 2. The molecule has 7 heteroatoms. The molecule has 0 spiro atoms. The molecule has 0 aliphatic carbocycles. The largest absolute Gasteiger partial charge is 0.370 e. The van der Waals surface area contributed by atoms with Crippen LogP contribution in [0.2, 0.25) is 0 Å². The summed E-state index contributed by atoms with van der Waals surface area (Å²) in [5.74, 6) is 0.135. The number of carbonyl (C=O) groups is 2. The van der Waals surface area contributed by atoms with E-state index in [4.69, 9.17) is 4.74 Å². The molecule has 1 N–H and O–H groups in total. The SMILES string of the molecule is O=C(Cc1nc2c(s1)CN(C(=O)c1cc3ccccc3[nH]1)CC2)C1CCCCO1. The van der Waals surface area contributed by atoms with Gasteiger partial charge in [-0.3, -0.25) is 9.59 Å². The van der Waals surface area contributed by atoms with Crippen LogP contribution in [-0.4, -0.2) is 45.8 Å². The minimum atomic E-state index is -0.273. The molecule has 1 unspecified atom stereocenters. The first kappa shape index (κ1) is 18.5. The van der Waals surface area contributed by atoms with Gasteiger partial charge < -0.3 is 14.6 Å². The Balaban J connectivity index is 1.28. The molecule has 1 amide bonds. The van der Waals surface area contributed by atoms with Crippen LogP contribution >= 0.6 is 11.3 Å². The molecule has 0 bridgehead atoms. The van der Waals surface area contributed by atoms with Crippen LogP contribution in [0.25, 0.3) is 10.9 Å². The molecule has 1 aromatic carbocycles. The van der Waals surface area contributed by atoms with E-state index in [0.29, 0.717) is 31.8 Å². The lowest BCUT2D eigenvalue weighted by atomic mass is 10.0. The number of amides is 1. The average Bonchev–Trinajstić information content (AvgIpc) is 3.36. The van der Waals surface area contributed by atoms with Crippen molar-refractivity contribution in [3.63, 3.8) is 0 Å². The monoisotopic (exact) mass is 409 g/mol. The molecular formula is C22H23N3O3S. The van der Waals surface area contributed by atoms with Gasteiger partial charge in [-0.05, 0) is 31.4 Å². The summed E-state index contributed by atoms with van der Waals surface area (Å²) in [5, 5.41) is 1.88. The number of para-hydroxylation sites is 1. The molecule has 2 aromatic heterocycles. The second-order valence-electron chi connectivity index (χ2n) is 7.72. The molecule has 0 radical (unpaired) electrons. The van der Waals surface area contributed by atoms with Crippen molar-refractivity contribution in [3.8, 4) is 0 Å². The van der Waals surface area contributed by atoms with Crippen molar-refractivity contribution in [2.24, 2.45) is 0 Å². The van der Waals surface area contributed by atoms with Gasteiger partial charge in [0, 0.05) is 35.4 Å². The third-order valence-corrected chi connectivity index (χ3v) is 6.77. The molecule has 6 nitrogen and oxygen atoms in total. The Morgan fingerprint density at radius 3 is 3.00 bits per heavy atom. The van der Waals surface area contributed by atoms with E-state index < -0.39 is 0 Å². The third-order valence-electron chi connectivity index (χ3n) is 5.69. The highest BCUT2D eigenvalue weighted by Gasteiger charge is 2.28. The Kier molecular flexibility index (Phi) is 4.93. The predicted molar refractivity (Wildman–Crippen MR) is 111 cm³/mol. The normalized spacial score (nSPS) is 19.3. The maximum Gasteiger partial charge on any atom is 0.270 e. The Morgan fingerprint density at radius 1 is 1.28 bits per heavy atom. The second kappa shape index (κ2) is 7.72. The molecule has 150 valence electrons. The van der Waals surface area contributed by atoms with Crippen molar-refractivity contribution in [2.45, 2.75) is 44.8 Å². The molecular weight excluding hydrogens is 386 g/mol. The average molecular weight is 410 g/mol. The van der Waals surface area contributed by atoms with Crippen LogP contribution in [0, 0.1) is 0 Å². The minimum Gasteiger partial charge on any atom is -0.370 e. The fourth-order valence-corrected chi connectivity index (χ4v) is 5.25. The Labute approximate surface area is 172 Å². The molecule has 2 aliphatic heterocycles. The lowest BCUT2D eigenvalue weighted by molar-refractivity contribution is -0.132. The van der Waals surface area contributed by atoms with E-state index in [9.17, 15) is 9.59 Å². The summed E-state index contributed by atoms with van der Waals surface area (Å²) in [6.07, 6.45) is 3.69. The molecule has 2 aliphatic rings. The highest BCUT2D eigenvalue weighted by molar-refractivity contribution is 7.11. The van der Waals surface area contributed by atoms with Crippen LogP contribution in [0.4, 0.5) is 0 Å². The summed E-state index contributed by atoms with van der Waals surface area (Å²) in [7, 11) is 0. The van der Waals surface area contributed by atoms with Gasteiger partial charge in [-0.1, -0.05) is 18.2 Å². The molecule has 1 atom stereocenters. The molecule has 4 heterocycles. The van der Waals surface area contributed by atoms with Crippen LogP contribution in [0.15, 0.2) is 30.3 Å². The van der Waals surface area contributed by atoms with Crippen LogP contribution < -0.4 is 0 Å². The number of Topliss-reactive ketones (excluding diaryl/α,β-unsaturated/α-hetero) is 1. The van der Waals surface area contributed by atoms with Crippen molar-refractivity contribution in [2.75, 3.05) is 13.2 Å². The quantitative estimate of drug-likeness (QED) is 0.716. The summed E-state index contributed by atoms with van der Waals surface area (Å²) in [5.41, 5.74) is 2.61. The van der Waals surface area contributed by atoms with Gasteiger partial charge in [-0.2, -0.15) is 0 Å². The maximum absolute atomic E-state index is 13.0. The fraction of sp³-hybridized carbons (Fsp3) is 0.409. The number of fused-ring (bicyclic) bond motifs is 2. The maximum atomic E-state index is 13.0. The van der Waals surface area contributed by atoms with E-state index in [-0.39, 0.29) is 17.8 Å². The zero-order chi connectivity index (χ0) is 19.8. The number of benzene rings is 1. The topological polar surface area (TPSA) is 75.3 Å². The van der Waals surface area contributed by atoms with Gasteiger partial charge in [0.15, 0.2) is 5.78 Å². The predicted octanol–water partition coefficient (Wildman–Crippen LogP) is 3.50. The number of carbonyl (C=O) groups excluding carboxylic acids is 2. The molecule has 0 saturated carbocycles. The van der Waals surface area contributed by atoms with Gasteiger partial charge in [0.1, 0.15) is 16.8 Å². The van der Waals surface area contributed by atoms with E-state index in [2.05, 4.69) is 9.97 Å². The minimum absolute atomic E-state index is 0.00785. The number of nitrogens with one attached hydrogen (secondary N) is 1. The van der Waals surface area contributed by atoms with Crippen LogP contribution in [0.1, 0.15) is 45.3 Å². The van der Waals surface area contributed by atoms with Crippen LogP contribution in [0.3, 0.4) is 0 Å². The van der Waals surface area contributed by atoms with Crippen LogP contribution in [0.5, 0.6) is 0 Å². The van der Waals surface area contributed by atoms with Gasteiger partial charge in [-0.25, -0.2) is 4.98 Å². The van der Waals surface area contributed by atoms with Gasteiger partial charge in [0.2, 0.25) is 0 Å². The van der Waals surface area contributed by atoms with Crippen molar-refractivity contribution in [1.29, 1.82) is 0 Å². The van der Waals surface area contributed by atoms with Crippen molar-refractivity contribution < 1.29 is 14.3 Å². The van der Waals surface area contributed by atoms with Crippen molar-refractivity contribution in [3.05, 3.63) is 51.6 Å².